The van der Waals surface area contributed by atoms with Crippen LogP contribution in [0.25, 0.3) is 0 Å². The van der Waals surface area contributed by atoms with Crippen LogP contribution in [0.2, 0.25) is 0 Å². The monoisotopic (exact) mass is 222 g/mol. The SMILES string of the molecule is c1ccc(COCCO[C@@H]2CCOC2)cc1. The van der Waals surface area contributed by atoms with E-state index in [1.165, 1.54) is 5.56 Å². The minimum atomic E-state index is 0.278. The summed E-state index contributed by atoms with van der Waals surface area (Å²) in [4.78, 5) is 0. The number of ether oxygens (including phenoxy) is 3. The zero-order chi connectivity index (χ0) is 11.1. The van der Waals surface area contributed by atoms with E-state index in [1.807, 2.05) is 18.2 Å². The second kappa shape index (κ2) is 6.63. The van der Waals surface area contributed by atoms with E-state index in [2.05, 4.69) is 12.1 Å². The molecule has 1 fully saturated rings. The molecule has 0 aromatic heterocycles. The van der Waals surface area contributed by atoms with Crippen LogP contribution in [0.4, 0.5) is 0 Å². The highest BCUT2D eigenvalue weighted by Gasteiger charge is 2.15. The van der Waals surface area contributed by atoms with Crippen LogP contribution in [0.5, 0.6) is 0 Å². The predicted molar refractivity (Wildman–Crippen MR) is 61.3 cm³/mol. The summed E-state index contributed by atoms with van der Waals surface area (Å²) in [5.74, 6) is 0. The molecule has 3 heteroatoms. The second-order valence-corrected chi connectivity index (χ2v) is 3.89. The van der Waals surface area contributed by atoms with Gasteiger partial charge in [0.25, 0.3) is 0 Å². The lowest BCUT2D eigenvalue weighted by atomic mass is 10.2. The molecule has 0 unspecified atom stereocenters. The molecule has 0 spiro atoms. The summed E-state index contributed by atoms with van der Waals surface area (Å²) in [6.45, 7) is 3.52. The van der Waals surface area contributed by atoms with Crippen molar-refractivity contribution >= 4 is 0 Å². The molecule has 0 radical (unpaired) electrons. The minimum Gasteiger partial charge on any atom is -0.379 e. The molecule has 1 aliphatic rings. The number of rotatable bonds is 6. The molecule has 16 heavy (non-hydrogen) atoms. The van der Waals surface area contributed by atoms with Gasteiger partial charge in [0.15, 0.2) is 0 Å². The van der Waals surface area contributed by atoms with Crippen molar-refractivity contribution in [2.24, 2.45) is 0 Å². The Balaban J connectivity index is 1.52. The van der Waals surface area contributed by atoms with Crippen molar-refractivity contribution in [3.63, 3.8) is 0 Å². The van der Waals surface area contributed by atoms with Crippen LogP contribution in [0.15, 0.2) is 30.3 Å². The molecule has 0 aliphatic carbocycles. The fraction of sp³-hybridized carbons (Fsp3) is 0.538. The molecule has 0 N–H and O–H groups in total. The first kappa shape index (κ1) is 11.6. The topological polar surface area (TPSA) is 27.7 Å². The van der Waals surface area contributed by atoms with Gasteiger partial charge in [-0.25, -0.2) is 0 Å². The van der Waals surface area contributed by atoms with E-state index in [9.17, 15) is 0 Å². The van der Waals surface area contributed by atoms with Crippen molar-refractivity contribution in [1.29, 1.82) is 0 Å². The lowest BCUT2D eigenvalue weighted by Crippen LogP contribution is -2.15. The molecular weight excluding hydrogens is 204 g/mol. The van der Waals surface area contributed by atoms with Crippen LogP contribution < -0.4 is 0 Å². The maximum atomic E-state index is 5.59. The summed E-state index contributed by atoms with van der Waals surface area (Å²) >= 11 is 0. The fourth-order valence-electron chi connectivity index (χ4n) is 1.68. The van der Waals surface area contributed by atoms with Crippen molar-refractivity contribution in [3.05, 3.63) is 35.9 Å². The third kappa shape index (κ3) is 3.93. The Morgan fingerprint density at radius 2 is 2.06 bits per heavy atom. The highest BCUT2D eigenvalue weighted by atomic mass is 16.6. The largest absolute Gasteiger partial charge is 0.379 e. The van der Waals surface area contributed by atoms with Gasteiger partial charge in [-0.2, -0.15) is 0 Å². The molecule has 0 amide bonds. The molecule has 0 bridgehead atoms. The number of hydrogen-bond donors (Lipinski definition) is 0. The van der Waals surface area contributed by atoms with Crippen molar-refractivity contribution in [2.45, 2.75) is 19.1 Å². The summed E-state index contributed by atoms with van der Waals surface area (Å²) in [6.07, 6.45) is 1.29. The Hall–Kier alpha value is -0.900. The first-order chi connectivity index (χ1) is 7.95. The van der Waals surface area contributed by atoms with Crippen LogP contribution in [-0.4, -0.2) is 32.5 Å². The van der Waals surface area contributed by atoms with E-state index in [-0.39, 0.29) is 6.10 Å². The summed E-state index contributed by atoms with van der Waals surface area (Å²) in [7, 11) is 0. The first-order valence-electron chi connectivity index (χ1n) is 5.76. The molecule has 1 saturated heterocycles. The molecule has 1 aromatic rings. The minimum absolute atomic E-state index is 0.278. The highest BCUT2D eigenvalue weighted by Crippen LogP contribution is 2.07. The van der Waals surface area contributed by atoms with Crippen LogP contribution in [0.3, 0.4) is 0 Å². The summed E-state index contributed by atoms with van der Waals surface area (Å²) in [5.41, 5.74) is 1.20. The Morgan fingerprint density at radius 3 is 2.81 bits per heavy atom. The van der Waals surface area contributed by atoms with E-state index in [0.29, 0.717) is 19.8 Å². The average Bonchev–Trinajstić information content (AvgIpc) is 2.83. The zero-order valence-corrected chi connectivity index (χ0v) is 9.43. The van der Waals surface area contributed by atoms with Crippen LogP contribution >= 0.6 is 0 Å². The van der Waals surface area contributed by atoms with Crippen molar-refractivity contribution in [1.82, 2.24) is 0 Å². The molecular formula is C13H18O3. The Kier molecular flexibility index (Phi) is 4.80. The van der Waals surface area contributed by atoms with E-state index in [4.69, 9.17) is 14.2 Å². The van der Waals surface area contributed by atoms with Crippen molar-refractivity contribution < 1.29 is 14.2 Å². The van der Waals surface area contributed by atoms with Crippen LogP contribution in [-0.2, 0) is 20.8 Å². The van der Waals surface area contributed by atoms with Gasteiger partial charge in [0.05, 0.1) is 32.5 Å². The third-order valence-electron chi connectivity index (χ3n) is 2.58. The van der Waals surface area contributed by atoms with Gasteiger partial charge in [-0.3, -0.25) is 0 Å². The normalized spacial score (nSPS) is 20.1. The third-order valence-corrected chi connectivity index (χ3v) is 2.58. The van der Waals surface area contributed by atoms with Gasteiger partial charge in [0, 0.05) is 6.61 Å². The second-order valence-electron chi connectivity index (χ2n) is 3.89. The predicted octanol–water partition coefficient (Wildman–Crippen LogP) is 2.01. The first-order valence-corrected chi connectivity index (χ1v) is 5.76. The van der Waals surface area contributed by atoms with Gasteiger partial charge in [-0.1, -0.05) is 30.3 Å². The molecule has 1 heterocycles. The maximum absolute atomic E-state index is 5.59. The van der Waals surface area contributed by atoms with E-state index >= 15 is 0 Å². The van der Waals surface area contributed by atoms with Gasteiger partial charge in [-0.15, -0.1) is 0 Å². The van der Waals surface area contributed by atoms with E-state index in [0.717, 1.165) is 19.6 Å². The molecule has 0 saturated carbocycles. The van der Waals surface area contributed by atoms with Gasteiger partial charge < -0.3 is 14.2 Å². The maximum Gasteiger partial charge on any atom is 0.0831 e. The summed E-state index contributed by atoms with van der Waals surface area (Å²) in [5, 5.41) is 0. The van der Waals surface area contributed by atoms with E-state index < -0.39 is 0 Å². The molecule has 1 atom stereocenters. The number of benzene rings is 1. The molecule has 2 rings (SSSR count). The van der Waals surface area contributed by atoms with Crippen molar-refractivity contribution in [2.75, 3.05) is 26.4 Å². The Labute approximate surface area is 96.3 Å². The standard InChI is InChI=1S/C13H18O3/c1-2-4-12(5-3-1)10-15-8-9-16-13-6-7-14-11-13/h1-5,13H,6-11H2/t13-/m1/s1. The van der Waals surface area contributed by atoms with Crippen molar-refractivity contribution in [3.8, 4) is 0 Å². The van der Waals surface area contributed by atoms with Gasteiger partial charge in [-0.05, 0) is 12.0 Å². The zero-order valence-electron chi connectivity index (χ0n) is 9.43. The van der Waals surface area contributed by atoms with Crippen LogP contribution in [0.1, 0.15) is 12.0 Å². The Morgan fingerprint density at radius 1 is 1.19 bits per heavy atom. The fourth-order valence-corrected chi connectivity index (χ4v) is 1.68. The lowest BCUT2D eigenvalue weighted by Gasteiger charge is -2.09. The summed E-state index contributed by atoms with van der Waals surface area (Å²) in [6, 6.07) is 10.2. The Bertz CT molecular complexity index is 280. The highest BCUT2D eigenvalue weighted by molar-refractivity contribution is 5.13. The smallest absolute Gasteiger partial charge is 0.0831 e. The van der Waals surface area contributed by atoms with Gasteiger partial charge in [0.1, 0.15) is 0 Å². The van der Waals surface area contributed by atoms with Gasteiger partial charge >= 0.3 is 0 Å². The summed E-state index contributed by atoms with van der Waals surface area (Å²) < 4.78 is 16.3. The molecule has 3 nitrogen and oxygen atoms in total. The molecule has 1 aliphatic heterocycles. The van der Waals surface area contributed by atoms with Gasteiger partial charge in [0.2, 0.25) is 0 Å². The molecule has 88 valence electrons. The quantitative estimate of drug-likeness (QED) is 0.689. The average molecular weight is 222 g/mol. The lowest BCUT2D eigenvalue weighted by molar-refractivity contribution is -0.00292. The van der Waals surface area contributed by atoms with E-state index in [1.54, 1.807) is 0 Å². The molecule has 1 aromatic carbocycles. The van der Waals surface area contributed by atoms with Crippen LogP contribution in [0, 0.1) is 0 Å². The number of hydrogen-bond acceptors (Lipinski definition) is 3.